The van der Waals surface area contributed by atoms with E-state index in [1.165, 1.54) is 19.3 Å². The molecule has 40 heavy (non-hydrogen) atoms. The average molecular weight is 548 g/mol. The Hall–Kier alpha value is -2.50. The maximum absolute atomic E-state index is 13.8. The van der Waals surface area contributed by atoms with Crippen LogP contribution in [0.2, 0.25) is 0 Å². The predicted octanol–water partition coefficient (Wildman–Crippen LogP) is 6.35. The van der Waals surface area contributed by atoms with Gasteiger partial charge in [-0.1, -0.05) is 107 Å². The minimum atomic E-state index is -0.744. The van der Waals surface area contributed by atoms with Crippen LogP contribution < -0.4 is 5.32 Å². The van der Waals surface area contributed by atoms with Crippen LogP contribution in [0.3, 0.4) is 0 Å². The van der Waals surface area contributed by atoms with Crippen LogP contribution >= 0.6 is 0 Å². The van der Waals surface area contributed by atoms with Crippen LogP contribution in [0.4, 0.5) is 0 Å². The molecule has 1 saturated carbocycles. The van der Waals surface area contributed by atoms with E-state index in [2.05, 4.69) is 26.1 Å². The van der Waals surface area contributed by atoms with Crippen molar-refractivity contribution < 1.29 is 19.8 Å². The van der Waals surface area contributed by atoms with Gasteiger partial charge in [-0.2, -0.15) is 0 Å². The second-order valence-electron chi connectivity index (χ2n) is 13.6. The zero-order chi connectivity index (χ0) is 28.7. The second kappa shape index (κ2) is 13.9. The second-order valence-corrected chi connectivity index (χ2v) is 13.6. The number of fused-ring (bicyclic) bond motifs is 1. The predicted molar refractivity (Wildman–Crippen MR) is 160 cm³/mol. The Morgan fingerprint density at radius 3 is 2.35 bits per heavy atom. The van der Waals surface area contributed by atoms with Gasteiger partial charge in [0.15, 0.2) is 0 Å². The van der Waals surface area contributed by atoms with Crippen molar-refractivity contribution in [2.24, 2.45) is 23.2 Å². The van der Waals surface area contributed by atoms with Crippen LogP contribution in [0.25, 0.3) is 0 Å². The highest BCUT2D eigenvalue weighted by Crippen LogP contribution is 2.35. The number of rotatable bonds is 12. The van der Waals surface area contributed by atoms with Gasteiger partial charge in [0.05, 0.1) is 18.2 Å². The Labute approximate surface area is 240 Å². The summed E-state index contributed by atoms with van der Waals surface area (Å²) in [7, 11) is 0. The van der Waals surface area contributed by atoms with Gasteiger partial charge in [0.1, 0.15) is 5.78 Å². The van der Waals surface area contributed by atoms with Gasteiger partial charge in [-0.15, -0.1) is 0 Å². The average Bonchev–Trinajstić information content (AvgIpc) is 3.22. The summed E-state index contributed by atoms with van der Waals surface area (Å²) in [6, 6.07) is 17.3. The third-order valence-electron chi connectivity index (χ3n) is 8.85. The van der Waals surface area contributed by atoms with E-state index in [1.54, 1.807) is 0 Å². The van der Waals surface area contributed by atoms with Crippen molar-refractivity contribution in [2.45, 2.75) is 110 Å². The normalized spacial score (nSPS) is 21.8. The van der Waals surface area contributed by atoms with Gasteiger partial charge in [-0.05, 0) is 53.2 Å². The lowest BCUT2D eigenvalue weighted by Crippen LogP contribution is -2.40. The molecule has 0 heterocycles. The number of carbonyl (C=O) groups excluding carboxylic acids is 2. The van der Waals surface area contributed by atoms with Crippen LogP contribution in [-0.2, 0) is 22.4 Å². The maximum Gasteiger partial charge on any atom is 0.224 e. The van der Waals surface area contributed by atoms with Gasteiger partial charge in [-0.25, -0.2) is 0 Å². The SMILES string of the molecule is CC(C)(C)CC(=O)C[C@@H](CC1CCCCC1)[C@@H](O)C[C@@H](Cc1ccccc1)C(=O)N[C@H]1c2ccccc2C[C@H]1O. The van der Waals surface area contributed by atoms with E-state index in [-0.39, 0.29) is 23.0 Å². The number of carbonyl (C=O) groups is 2. The molecule has 218 valence electrons. The first kappa shape index (κ1) is 30.5. The monoisotopic (exact) mass is 547 g/mol. The number of amides is 1. The van der Waals surface area contributed by atoms with Gasteiger partial charge in [0.25, 0.3) is 0 Å². The van der Waals surface area contributed by atoms with Crippen molar-refractivity contribution in [3.05, 3.63) is 71.3 Å². The molecule has 5 nitrogen and oxygen atoms in total. The summed E-state index contributed by atoms with van der Waals surface area (Å²) in [6.45, 7) is 6.23. The molecule has 2 aliphatic carbocycles. The number of nitrogens with one attached hydrogen (secondary N) is 1. The van der Waals surface area contributed by atoms with Gasteiger partial charge in [0, 0.05) is 25.2 Å². The number of Topliss-reactive ketones (excluding diaryl/α,β-unsaturated/α-hetero) is 1. The molecule has 0 aromatic heterocycles. The quantitative estimate of drug-likeness (QED) is 0.289. The Kier molecular flexibility index (Phi) is 10.6. The van der Waals surface area contributed by atoms with Crippen molar-refractivity contribution in [1.82, 2.24) is 5.32 Å². The van der Waals surface area contributed by atoms with Crippen molar-refractivity contribution >= 4 is 11.7 Å². The minimum absolute atomic E-state index is 0.0917. The summed E-state index contributed by atoms with van der Waals surface area (Å²) in [4.78, 5) is 26.9. The van der Waals surface area contributed by atoms with Crippen LogP contribution in [0.1, 0.15) is 101 Å². The lowest BCUT2D eigenvalue weighted by atomic mass is 9.76. The highest BCUT2D eigenvalue weighted by Gasteiger charge is 2.36. The van der Waals surface area contributed by atoms with E-state index in [0.717, 1.165) is 36.0 Å². The Morgan fingerprint density at radius 2 is 1.65 bits per heavy atom. The first-order valence-corrected chi connectivity index (χ1v) is 15.4. The molecule has 3 N–H and O–H groups in total. The molecule has 2 aliphatic rings. The third-order valence-corrected chi connectivity index (χ3v) is 8.85. The summed E-state index contributed by atoms with van der Waals surface area (Å²) >= 11 is 0. The number of ketones is 1. The van der Waals surface area contributed by atoms with Crippen LogP contribution in [0, 0.1) is 23.2 Å². The molecule has 1 amide bonds. The van der Waals surface area contributed by atoms with Gasteiger partial charge in [0.2, 0.25) is 5.91 Å². The first-order chi connectivity index (χ1) is 19.1. The Bertz CT molecular complexity index is 1100. The zero-order valence-corrected chi connectivity index (χ0v) is 24.6. The largest absolute Gasteiger partial charge is 0.393 e. The van der Waals surface area contributed by atoms with Crippen molar-refractivity contribution in [1.29, 1.82) is 0 Å². The molecule has 4 rings (SSSR count). The van der Waals surface area contributed by atoms with E-state index < -0.39 is 24.2 Å². The highest BCUT2D eigenvalue weighted by atomic mass is 16.3. The molecular weight excluding hydrogens is 498 g/mol. The minimum Gasteiger partial charge on any atom is -0.393 e. The Balaban J connectivity index is 1.51. The molecule has 2 aromatic carbocycles. The number of aliphatic hydroxyl groups excluding tert-OH is 2. The fourth-order valence-corrected chi connectivity index (χ4v) is 6.87. The van der Waals surface area contributed by atoms with Crippen molar-refractivity contribution in [3.8, 4) is 0 Å². The Morgan fingerprint density at radius 1 is 0.975 bits per heavy atom. The topological polar surface area (TPSA) is 86.6 Å². The fraction of sp³-hybridized carbons (Fsp3) is 0.600. The van der Waals surface area contributed by atoms with E-state index in [1.807, 2.05) is 54.6 Å². The van der Waals surface area contributed by atoms with Crippen molar-refractivity contribution in [2.75, 3.05) is 0 Å². The molecule has 0 spiro atoms. The molecule has 1 fully saturated rings. The lowest BCUT2D eigenvalue weighted by molar-refractivity contribution is -0.128. The number of hydrogen-bond acceptors (Lipinski definition) is 4. The molecular formula is C35H49NO4. The zero-order valence-electron chi connectivity index (χ0n) is 24.6. The van der Waals surface area contributed by atoms with Gasteiger partial charge in [-0.3, -0.25) is 9.59 Å². The molecule has 5 heteroatoms. The standard InChI is InChI=1S/C35H49NO4/c1-35(2,3)23-29(37)20-27(18-24-12-6-4-7-13-24)31(38)22-28(19-25-14-8-5-9-15-25)34(40)36-33-30-17-11-10-16-26(30)21-32(33)39/h5,8-11,14-17,24,27-28,31-33,38-39H,4,6-7,12-13,18-23H2,1-3H3,(H,36,40)/t27-,28-,31+,32-,33+/m1/s1. The number of aliphatic hydroxyl groups is 2. The van der Waals surface area contributed by atoms with Gasteiger partial charge < -0.3 is 15.5 Å². The van der Waals surface area contributed by atoms with Crippen LogP contribution in [0.15, 0.2) is 54.6 Å². The third kappa shape index (κ3) is 8.75. The smallest absolute Gasteiger partial charge is 0.224 e. The molecule has 0 aliphatic heterocycles. The highest BCUT2D eigenvalue weighted by molar-refractivity contribution is 5.80. The number of hydrogen-bond donors (Lipinski definition) is 3. The molecule has 0 unspecified atom stereocenters. The molecule has 0 radical (unpaired) electrons. The van der Waals surface area contributed by atoms with E-state index in [9.17, 15) is 19.8 Å². The van der Waals surface area contributed by atoms with Crippen molar-refractivity contribution in [3.63, 3.8) is 0 Å². The maximum atomic E-state index is 13.8. The summed E-state index contributed by atoms with van der Waals surface area (Å²) in [6.07, 6.45) is 7.61. The summed E-state index contributed by atoms with van der Waals surface area (Å²) in [5.74, 6) is -0.0451. The summed E-state index contributed by atoms with van der Waals surface area (Å²) in [5.41, 5.74) is 2.97. The fourth-order valence-electron chi connectivity index (χ4n) is 6.87. The summed E-state index contributed by atoms with van der Waals surface area (Å²) < 4.78 is 0. The van der Waals surface area contributed by atoms with E-state index in [0.29, 0.717) is 38.0 Å². The number of benzene rings is 2. The van der Waals surface area contributed by atoms with E-state index in [4.69, 9.17) is 0 Å². The van der Waals surface area contributed by atoms with Gasteiger partial charge >= 0.3 is 0 Å². The lowest BCUT2D eigenvalue weighted by Gasteiger charge is -2.32. The molecule has 0 bridgehead atoms. The molecule has 2 aromatic rings. The molecule has 5 atom stereocenters. The summed E-state index contributed by atoms with van der Waals surface area (Å²) in [5, 5.41) is 25.6. The van der Waals surface area contributed by atoms with Crippen LogP contribution in [0.5, 0.6) is 0 Å². The molecule has 0 saturated heterocycles. The first-order valence-electron chi connectivity index (χ1n) is 15.4. The van der Waals surface area contributed by atoms with Crippen LogP contribution in [-0.4, -0.2) is 34.1 Å². The van der Waals surface area contributed by atoms with E-state index >= 15 is 0 Å².